The summed E-state index contributed by atoms with van der Waals surface area (Å²) in [7, 11) is -0.615. The highest BCUT2D eigenvalue weighted by Crippen LogP contribution is 2.36. The third kappa shape index (κ3) is 2.58. The molecule has 0 aliphatic carbocycles. The molecule has 5 aromatic rings. The van der Waals surface area contributed by atoms with E-state index in [0.29, 0.717) is 0 Å². The maximum absolute atomic E-state index is 2.39. The third-order valence-corrected chi connectivity index (χ3v) is 7.00. The molecular weight excluding hydrogens is 340 g/mol. The SMILES string of the molecule is C[Si](C)c1ccc2ccc3ccccc3c2c1-c1cccc2ccccc12. The molecule has 0 spiro atoms. The minimum absolute atomic E-state index is 0.615. The van der Waals surface area contributed by atoms with Crippen molar-refractivity contribution < 1.29 is 0 Å². The van der Waals surface area contributed by atoms with Gasteiger partial charge in [-0.1, -0.05) is 109 Å². The lowest BCUT2D eigenvalue weighted by molar-refractivity contribution is 1.71. The summed E-state index contributed by atoms with van der Waals surface area (Å²) in [6, 6.07) is 33.4. The van der Waals surface area contributed by atoms with Crippen LogP contribution in [0.15, 0.2) is 91.0 Å². The van der Waals surface area contributed by atoms with E-state index >= 15 is 0 Å². The Hall–Kier alpha value is -2.90. The molecule has 0 aliphatic rings. The molecule has 5 aromatic carbocycles. The fourth-order valence-electron chi connectivity index (χ4n) is 4.24. The van der Waals surface area contributed by atoms with Crippen molar-refractivity contribution in [2.75, 3.05) is 0 Å². The predicted molar refractivity (Wildman–Crippen MR) is 122 cm³/mol. The molecular formula is C26H21Si. The first-order valence-corrected chi connectivity index (χ1v) is 12.0. The summed E-state index contributed by atoms with van der Waals surface area (Å²) in [6.07, 6.45) is 0. The largest absolute Gasteiger partial charge is 0.0800 e. The van der Waals surface area contributed by atoms with Crippen LogP contribution in [0, 0.1) is 0 Å². The van der Waals surface area contributed by atoms with Gasteiger partial charge in [0.2, 0.25) is 0 Å². The van der Waals surface area contributed by atoms with Gasteiger partial charge in [0.05, 0.1) is 8.80 Å². The summed E-state index contributed by atoms with van der Waals surface area (Å²) >= 11 is 0. The average Bonchev–Trinajstić information content (AvgIpc) is 2.72. The van der Waals surface area contributed by atoms with E-state index in [0.717, 1.165) is 0 Å². The second-order valence-corrected chi connectivity index (χ2v) is 9.94. The molecule has 0 saturated carbocycles. The summed E-state index contributed by atoms with van der Waals surface area (Å²) in [5, 5.41) is 9.54. The van der Waals surface area contributed by atoms with E-state index < -0.39 is 8.80 Å². The Labute approximate surface area is 161 Å². The van der Waals surface area contributed by atoms with E-state index in [-0.39, 0.29) is 0 Å². The fraction of sp³-hybridized carbons (Fsp3) is 0.0769. The van der Waals surface area contributed by atoms with Gasteiger partial charge in [-0.3, -0.25) is 0 Å². The molecule has 1 heteroatoms. The second kappa shape index (κ2) is 6.36. The lowest BCUT2D eigenvalue weighted by Gasteiger charge is -2.19. The topological polar surface area (TPSA) is 0 Å². The molecule has 5 rings (SSSR count). The molecule has 0 bridgehead atoms. The van der Waals surface area contributed by atoms with Gasteiger partial charge < -0.3 is 0 Å². The molecule has 0 amide bonds. The first-order chi connectivity index (χ1) is 13.2. The van der Waals surface area contributed by atoms with Crippen LogP contribution in [0.5, 0.6) is 0 Å². The van der Waals surface area contributed by atoms with Crippen LogP contribution in [0.2, 0.25) is 13.1 Å². The molecule has 129 valence electrons. The highest BCUT2D eigenvalue weighted by atomic mass is 28.3. The van der Waals surface area contributed by atoms with E-state index in [2.05, 4.69) is 104 Å². The molecule has 0 aromatic heterocycles. The fourth-order valence-corrected chi connectivity index (χ4v) is 5.41. The standard InChI is InChI=1S/C26H21Si/c1-27(2)24-17-16-20-15-14-19-9-4-6-12-22(19)25(20)26(24)23-13-7-10-18-8-3-5-11-21(18)23/h3-17H,1-2H3. The number of hydrogen-bond donors (Lipinski definition) is 0. The van der Waals surface area contributed by atoms with Crippen molar-refractivity contribution in [3.8, 4) is 11.1 Å². The zero-order valence-electron chi connectivity index (χ0n) is 15.7. The molecule has 0 aliphatic heterocycles. The van der Waals surface area contributed by atoms with Crippen LogP contribution >= 0.6 is 0 Å². The van der Waals surface area contributed by atoms with E-state index in [1.165, 1.54) is 48.6 Å². The smallest absolute Gasteiger partial charge is 0.0671 e. The van der Waals surface area contributed by atoms with Crippen LogP contribution in [0.25, 0.3) is 43.4 Å². The Morgan fingerprint density at radius 1 is 0.519 bits per heavy atom. The number of benzene rings is 5. The second-order valence-electron chi connectivity index (χ2n) is 7.40. The van der Waals surface area contributed by atoms with Gasteiger partial charge in [-0.15, -0.1) is 0 Å². The lowest BCUT2D eigenvalue weighted by Crippen LogP contribution is -2.25. The molecule has 1 radical (unpaired) electrons. The first kappa shape index (κ1) is 16.3. The minimum Gasteiger partial charge on any atom is -0.0671 e. The summed E-state index contributed by atoms with van der Waals surface area (Å²) in [5.74, 6) is 0. The number of hydrogen-bond acceptors (Lipinski definition) is 0. The van der Waals surface area contributed by atoms with Crippen molar-refractivity contribution in [3.63, 3.8) is 0 Å². The van der Waals surface area contributed by atoms with Gasteiger partial charge in [-0.2, -0.15) is 0 Å². The van der Waals surface area contributed by atoms with Crippen LogP contribution in [0.1, 0.15) is 0 Å². The highest BCUT2D eigenvalue weighted by molar-refractivity contribution is 6.72. The van der Waals surface area contributed by atoms with Crippen molar-refractivity contribution in [3.05, 3.63) is 91.0 Å². The summed E-state index contributed by atoms with van der Waals surface area (Å²) < 4.78 is 0. The lowest BCUT2D eigenvalue weighted by atomic mass is 9.91. The van der Waals surface area contributed by atoms with Crippen molar-refractivity contribution in [2.45, 2.75) is 13.1 Å². The van der Waals surface area contributed by atoms with Crippen LogP contribution in [-0.2, 0) is 0 Å². The van der Waals surface area contributed by atoms with E-state index in [4.69, 9.17) is 0 Å². The Balaban J connectivity index is 2.03. The minimum atomic E-state index is -0.615. The van der Waals surface area contributed by atoms with Crippen LogP contribution in [0.3, 0.4) is 0 Å². The summed E-state index contributed by atoms with van der Waals surface area (Å²) in [4.78, 5) is 0. The highest BCUT2D eigenvalue weighted by Gasteiger charge is 2.17. The Morgan fingerprint density at radius 3 is 1.89 bits per heavy atom. The third-order valence-electron chi connectivity index (χ3n) is 5.51. The van der Waals surface area contributed by atoms with Crippen LogP contribution < -0.4 is 5.19 Å². The molecule has 27 heavy (non-hydrogen) atoms. The molecule has 0 unspecified atom stereocenters. The van der Waals surface area contributed by atoms with Gasteiger partial charge in [-0.25, -0.2) is 0 Å². The van der Waals surface area contributed by atoms with Crippen molar-refractivity contribution in [1.29, 1.82) is 0 Å². The molecule has 0 heterocycles. The maximum atomic E-state index is 2.39. The van der Waals surface area contributed by atoms with E-state index in [1.807, 2.05) is 0 Å². The molecule has 0 fully saturated rings. The quantitative estimate of drug-likeness (QED) is 0.240. The predicted octanol–water partition coefficient (Wildman–Crippen LogP) is 6.77. The van der Waals surface area contributed by atoms with Gasteiger partial charge in [0.25, 0.3) is 0 Å². The van der Waals surface area contributed by atoms with Crippen molar-refractivity contribution >= 4 is 46.3 Å². The van der Waals surface area contributed by atoms with Crippen LogP contribution in [0.4, 0.5) is 0 Å². The Kier molecular flexibility index (Phi) is 3.84. The Morgan fingerprint density at radius 2 is 1.11 bits per heavy atom. The van der Waals surface area contributed by atoms with Crippen LogP contribution in [-0.4, -0.2) is 8.80 Å². The van der Waals surface area contributed by atoms with Crippen molar-refractivity contribution in [1.82, 2.24) is 0 Å². The zero-order chi connectivity index (χ0) is 18.4. The van der Waals surface area contributed by atoms with Crippen molar-refractivity contribution in [2.24, 2.45) is 0 Å². The normalized spacial score (nSPS) is 11.7. The number of rotatable bonds is 2. The summed E-state index contributed by atoms with van der Waals surface area (Å²) in [5.41, 5.74) is 2.79. The Bertz CT molecular complexity index is 1290. The monoisotopic (exact) mass is 361 g/mol. The molecule has 0 atom stereocenters. The maximum Gasteiger partial charge on any atom is 0.0800 e. The first-order valence-electron chi connectivity index (χ1n) is 9.47. The molecule has 0 nitrogen and oxygen atoms in total. The van der Waals surface area contributed by atoms with E-state index in [1.54, 1.807) is 0 Å². The average molecular weight is 362 g/mol. The van der Waals surface area contributed by atoms with E-state index in [9.17, 15) is 0 Å². The van der Waals surface area contributed by atoms with Gasteiger partial charge in [0.15, 0.2) is 0 Å². The summed E-state index contributed by atoms with van der Waals surface area (Å²) in [6.45, 7) is 4.79. The molecule has 0 saturated heterocycles. The van der Waals surface area contributed by atoms with Gasteiger partial charge >= 0.3 is 0 Å². The van der Waals surface area contributed by atoms with Gasteiger partial charge in [0, 0.05) is 0 Å². The number of fused-ring (bicyclic) bond motifs is 4. The molecule has 0 N–H and O–H groups in total. The van der Waals surface area contributed by atoms with Gasteiger partial charge in [-0.05, 0) is 43.4 Å². The van der Waals surface area contributed by atoms with Gasteiger partial charge in [0.1, 0.15) is 0 Å². The zero-order valence-corrected chi connectivity index (χ0v) is 16.7.